The summed E-state index contributed by atoms with van der Waals surface area (Å²) in [7, 11) is 1.60. The molecular weight excluding hydrogens is 408 g/mol. The lowest BCUT2D eigenvalue weighted by molar-refractivity contribution is -0.127. The van der Waals surface area contributed by atoms with Crippen LogP contribution in [0, 0.1) is 0 Å². The van der Waals surface area contributed by atoms with E-state index in [1.165, 1.54) is 0 Å². The van der Waals surface area contributed by atoms with Crippen molar-refractivity contribution >= 4 is 38.8 Å². The average molecular weight is 427 g/mol. The van der Waals surface area contributed by atoms with Gasteiger partial charge in [0.05, 0.1) is 13.3 Å². The molecule has 3 rings (SSSR count). The molecule has 0 saturated heterocycles. The molecule has 1 amide bonds. The molecule has 0 aliphatic rings. The van der Waals surface area contributed by atoms with E-state index in [-0.39, 0.29) is 5.91 Å². The van der Waals surface area contributed by atoms with Crippen LogP contribution in [0.2, 0.25) is 0 Å². The van der Waals surface area contributed by atoms with E-state index >= 15 is 0 Å². The predicted molar refractivity (Wildman–Crippen MR) is 110 cm³/mol. The number of benzene rings is 3. The number of fused-ring (bicyclic) bond motifs is 1. The first-order valence-corrected chi connectivity index (χ1v) is 9.18. The fourth-order valence-electron chi connectivity index (χ4n) is 2.55. The van der Waals surface area contributed by atoms with Crippen LogP contribution in [0.1, 0.15) is 12.5 Å². The van der Waals surface area contributed by atoms with Crippen molar-refractivity contribution in [1.82, 2.24) is 5.43 Å². The maximum absolute atomic E-state index is 12.3. The summed E-state index contributed by atoms with van der Waals surface area (Å²) < 4.78 is 11.9. The number of amides is 1. The van der Waals surface area contributed by atoms with Gasteiger partial charge in [0, 0.05) is 15.4 Å². The number of hydrazone groups is 1. The van der Waals surface area contributed by atoms with Gasteiger partial charge in [0.2, 0.25) is 0 Å². The number of carbonyl (C=O) groups is 1. The maximum Gasteiger partial charge on any atom is 0.280 e. The maximum atomic E-state index is 12.3. The number of rotatable bonds is 6. The molecule has 0 aromatic heterocycles. The van der Waals surface area contributed by atoms with Crippen molar-refractivity contribution in [2.24, 2.45) is 5.10 Å². The summed E-state index contributed by atoms with van der Waals surface area (Å²) in [4.78, 5) is 12.3. The minimum absolute atomic E-state index is 0.335. The predicted octanol–water partition coefficient (Wildman–Crippen LogP) is 4.53. The lowest BCUT2D eigenvalue weighted by Gasteiger charge is -2.14. The molecule has 0 bridgehead atoms. The molecule has 0 fully saturated rings. The van der Waals surface area contributed by atoms with Gasteiger partial charge in [-0.2, -0.15) is 5.10 Å². The molecule has 3 aromatic rings. The molecule has 1 atom stereocenters. The van der Waals surface area contributed by atoms with Crippen LogP contribution in [0.15, 0.2) is 70.2 Å². The third-order valence-corrected chi connectivity index (χ3v) is 4.73. The van der Waals surface area contributed by atoms with E-state index in [0.717, 1.165) is 20.8 Å². The highest BCUT2D eigenvalue weighted by Gasteiger charge is 2.15. The third kappa shape index (κ3) is 4.65. The summed E-state index contributed by atoms with van der Waals surface area (Å²) in [6.07, 6.45) is 0.858. The number of hydrogen-bond acceptors (Lipinski definition) is 4. The van der Waals surface area contributed by atoms with E-state index in [1.54, 1.807) is 20.2 Å². The number of halogens is 1. The summed E-state index contributed by atoms with van der Waals surface area (Å²) >= 11 is 3.44. The Hall–Kier alpha value is -2.86. The molecule has 1 N–H and O–H groups in total. The molecule has 6 heteroatoms. The third-order valence-electron chi connectivity index (χ3n) is 4.00. The molecule has 0 heterocycles. The van der Waals surface area contributed by atoms with Gasteiger partial charge in [-0.25, -0.2) is 5.43 Å². The molecule has 0 saturated carbocycles. The van der Waals surface area contributed by atoms with Crippen LogP contribution >= 0.6 is 15.9 Å². The quantitative estimate of drug-likeness (QED) is 0.465. The van der Waals surface area contributed by atoms with Crippen molar-refractivity contribution in [1.29, 1.82) is 0 Å². The lowest BCUT2D eigenvalue weighted by atomic mass is 10.1. The molecule has 0 spiro atoms. The highest BCUT2D eigenvalue weighted by molar-refractivity contribution is 9.10. The molecule has 5 nitrogen and oxygen atoms in total. The molecule has 27 heavy (non-hydrogen) atoms. The van der Waals surface area contributed by atoms with Gasteiger partial charge in [0.25, 0.3) is 5.91 Å². The van der Waals surface area contributed by atoms with Gasteiger partial charge < -0.3 is 9.47 Å². The van der Waals surface area contributed by atoms with Crippen LogP contribution in [-0.2, 0) is 4.79 Å². The second kappa shape index (κ2) is 8.68. The van der Waals surface area contributed by atoms with E-state index in [1.807, 2.05) is 60.7 Å². The van der Waals surface area contributed by atoms with Crippen molar-refractivity contribution in [2.75, 3.05) is 7.11 Å². The highest BCUT2D eigenvalue weighted by Crippen LogP contribution is 2.26. The zero-order chi connectivity index (χ0) is 19.2. The minimum atomic E-state index is -0.693. The van der Waals surface area contributed by atoms with Crippen LogP contribution in [-0.4, -0.2) is 25.3 Å². The summed E-state index contributed by atoms with van der Waals surface area (Å²) in [5.74, 6) is 1.03. The van der Waals surface area contributed by atoms with E-state index in [2.05, 4.69) is 26.5 Å². The Balaban J connectivity index is 1.66. The van der Waals surface area contributed by atoms with Gasteiger partial charge in [0.1, 0.15) is 11.5 Å². The van der Waals surface area contributed by atoms with Crippen molar-refractivity contribution in [2.45, 2.75) is 13.0 Å². The second-order valence-electron chi connectivity index (χ2n) is 5.86. The van der Waals surface area contributed by atoms with Gasteiger partial charge in [-0.15, -0.1) is 0 Å². The molecule has 0 radical (unpaired) electrons. The Bertz CT molecular complexity index is 983. The van der Waals surface area contributed by atoms with Crippen molar-refractivity contribution in [3.8, 4) is 11.5 Å². The van der Waals surface area contributed by atoms with E-state index in [0.29, 0.717) is 11.5 Å². The first-order valence-electron chi connectivity index (χ1n) is 8.39. The number of nitrogens with zero attached hydrogens (tertiary/aromatic N) is 1. The number of methoxy groups -OCH3 is 1. The minimum Gasteiger partial charge on any atom is -0.497 e. The lowest BCUT2D eigenvalue weighted by Crippen LogP contribution is -2.33. The summed E-state index contributed by atoms with van der Waals surface area (Å²) in [5, 5.41) is 6.03. The summed E-state index contributed by atoms with van der Waals surface area (Å²) in [5.41, 5.74) is 3.30. The van der Waals surface area contributed by atoms with Crippen LogP contribution in [0.25, 0.3) is 10.8 Å². The topological polar surface area (TPSA) is 59.9 Å². The largest absolute Gasteiger partial charge is 0.497 e. The van der Waals surface area contributed by atoms with Crippen molar-refractivity contribution < 1.29 is 14.3 Å². The zero-order valence-corrected chi connectivity index (χ0v) is 16.6. The monoisotopic (exact) mass is 426 g/mol. The SMILES string of the molecule is COc1ccc(Br)c(/C=N\NC(=O)[C@H](C)Oc2cccc3ccccc23)c1. The normalized spacial score (nSPS) is 12.1. The first kappa shape index (κ1) is 18.9. The fraction of sp³-hybridized carbons (Fsp3) is 0.143. The molecule has 138 valence electrons. The van der Waals surface area contributed by atoms with Crippen LogP contribution in [0.4, 0.5) is 0 Å². The van der Waals surface area contributed by atoms with E-state index in [9.17, 15) is 4.79 Å². The first-order chi connectivity index (χ1) is 13.1. The zero-order valence-electron chi connectivity index (χ0n) is 15.0. The van der Waals surface area contributed by atoms with Gasteiger partial charge >= 0.3 is 0 Å². The Labute approximate surface area is 166 Å². The Morgan fingerprint density at radius 3 is 2.74 bits per heavy atom. The fourth-order valence-corrected chi connectivity index (χ4v) is 2.90. The van der Waals surface area contributed by atoms with E-state index in [4.69, 9.17) is 9.47 Å². The van der Waals surface area contributed by atoms with Gasteiger partial charge in [-0.3, -0.25) is 4.79 Å². The molecule has 0 aliphatic heterocycles. The molecule has 0 unspecified atom stereocenters. The smallest absolute Gasteiger partial charge is 0.280 e. The van der Waals surface area contributed by atoms with Gasteiger partial charge in [0.15, 0.2) is 6.10 Å². The van der Waals surface area contributed by atoms with Crippen molar-refractivity contribution in [3.63, 3.8) is 0 Å². The Morgan fingerprint density at radius 1 is 1.15 bits per heavy atom. The molecule has 3 aromatic carbocycles. The summed E-state index contributed by atoms with van der Waals surface area (Å²) in [6.45, 7) is 1.69. The number of nitrogens with one attached hydrogen (secondary N) is 1. The van der Waals surface area contributed by atoms with Crippen LogP contribution in [0.3, 0.4) is 0 Å². The molecule has 0 aliphatic carbocycles. The van der Waals surface area contributed by atoms with Crippen LogP contribution < -0.4 is 14.9 Å². The van der Waals surface area contributed by atoms with Gasteiger partial charge in [-0.1, -0.05) is 52.3 Å². The highest BCUT2D eigenvalue weighted by atomic mass is 79.9. The van der Waals surface area contributed by atoms with Crippen molar-refractivity contribution in [3.05, 3.63) is 70.7 Å². The second-order valence-corrected chi connectivity index (χ2v) is 6.71. The average Bonchev–Trinajstić information content (AvgIpc) is 2.69. The summed E-state index contributed by atoms with van der Waals surface area (Å²) in [6, 6.07) is 19.1. The number of carbonyl (C=O) groups excluding carboxylic acids is 1. The number of hydrogen-bond donors (Lipinski definition) is 1. The molecular formula is C21H19BrN2O3. The Morgan fingerprint density at radius 2 is 1.93 bits per heavy atom. The van der Waals surface area contributed by atoms with Crippen LogP contribution in [0.5, 0.6) is 11.5 Å². The standard InChI is InChI=1S/C21H19BrN2O3/c1-14(27-20-9-5-7-15-6-3-4-8-18(15)20)21(25)24-23-13-16-12-17(26-2)10-11-19(16)22/h3-14H,1-2H3,(H,24,25)/b23-13-/t14-/m0/s1. The number of ether oxygens (including phenoxy) is 2. The van der Waals surface area contributed by atoms with Gasteiger partial charge in [-0.05, 0) is 36.6 Å². The Kier molecular flexibility index (Phi) is 6.08. The van der Waals surface area contributed by atoms with E-state index < -0.39 is 6.10 Å².